The van der Waals surface area contributed by atoms with Crippen molar-refractivity contribution in [3.8, 4) is 11.5 Å². The van der Waals surface area contributed by atoms with Crippen molar-refractivity contribution in [3.05, 3.63) is 22.7 Å². The normalized spacial score (nSPS) is 11.7. The van der Waals surface area contributed by atoms with Crippen LogP contribution in [-0.2, 0) is 0 Å². The molecular formula is C9H10ClNO3. The quantitative estimate of drug-likeness (QED) is 0.403. The van der Waals surface area contributed by atoms with E-state index in [-0.39, 0.29) is 16.5 Å². The molecule has 0 saturated carbocycles. The third-order valence-corrected chi connectivity index (χ3v) is 2.13. The van der Waals surface area contributed by atoms with Crippen LogP contribution in [0.25, 0.3) is 0 Å². The lowest BCUT2D eigenvalue weighted by molar-refractivity contribution is 0.318. The summed E-state index contributed by atoms with van der Waals surface area (Å²) in [6.07, 6.45) is 0.450. The Labute approximate surface area is 86.1 Å². The van der Waals surface area contributed by atoms with Gasteiger partial charge in [-0.3, -0.25) is 0 Å². The first-order valence-corrected chi connectivity index (χ1v) is 4.40. The van der Waals surface area contributed by atoms with Crippen LogP contribution in [0.1, 0.15) is 18.9 Å². The summed E-state index contributed by atoms with van der Waals surface area (Å²) in [6.45, 7) is 1.77. The van der Waals surface area contributed by atoms with E-state index in [0.29, 0.717) is 17.7 Å². The average molecular weight is 216 g/mol. The van der Waals surface area contributed by atoms with Crippen LogP contribution in [0.4, 0.5) is 0 Å². The fourth-order valence-corrected chi connectivity index (χ4v) is 1.26. The first-order valence-electron chi connectivity index (χ1n) is 4.03. The lowest BCUT2D eigenvalue weighted by Crippen LogP contribution is -1.99. The molecule has 0 aromatic heterocycles. The summed E-state index contributed by atoms with van der Waals surface area (Å²) >= 11 is 5.65. The topological polar surface area (TPSA) is 73.1 Å². The van der Waals surface area contributed by atoms with Gasteiger partial charge in [0.05, 0.1) is 10.7 Å². The highest BCUT2D eigenvalue weighted by molar-refractivity contribution is 6.32. The number of aromatic hydroxyl groups is 2. The minimum Gasteiger partial charge on any atom is -0.507 e. The van der Waals surface area contributed by atoms with Gasteiger partial charge in [-0.05, 0) is 12.5 Å². The van der Waals surface area contributed by atoms with Crippen molar-refractivity contribution in [3.63, 3.8) is 0 Å². The van der Waals surface area contributed by atoms with Crippen LogP contribution in [-0.4, -0.2) is 21.1 Å². The molecule has 0 unspecified atom stereocenters. The summed E-state index contributed by atoms with van der Waals surface area (Å²) in [5, 5.41) is 30.4. The van der Waals surface area contributed by atoms with Gasteiger partial charge in [0.15, 0.2) is 0 Å². The van der Waals surface area contributed by atoms with E-state index >= 15 is 0 Å². The van der Waals surface area contributed by atoms with Crippen LogP contribution in [0, 0.1) is 0 Å². The molecule has 0 atom stereocenters. The zero-order valence-corrected chi connectivity index (χ0v) is 8.28. The molecule has 1 aromatic rings. The van der Waals surface area contributed by atoms with Crippen LogP contribution in [0.5, 0.6) is 11.5 Å². The first kappa shape index (κ1) is 10.7. The Morgan fingerprint density at radius 3 is 2.50 bits per heavy atom. The number of rotatable bonds is 2. The van der Waals surface area contributed by atoms with Crippen molar-refractivity contribution < 1.29 is 15.4 Å². The molecule has 0 spiro atoms. The van der Waals surface area contributed by atoms with Crippen molar-refractivity contribution >= 4 is 17.3 Å². The minimum absolute atomic E-state index is 0.104. The molecule has 4 nitrogen and oxygen atoms in total. The van der Waals surface area contributed by atoms with Gasteiger partial charge in [-0.25, -0.2) is 0 Å². The molecule has 0 aliphatic carbocycles. The molecule has 0 aliphatic heterocycles. The molecule has 3 N–H and O–H groups in total. The van der Waals surface area contributed by atoms with E-state index in [1.165, 1.54) is 6.07 Å². The van der Waals surface area contributed by atoms with E-state index in [4.69, 9.17) is 21.9 Å². The van der Waals surface area contributed by atoms with Gasteiger partial charge in [-0.1, -0.05) is 23.7 Å². The third kappa shape index (κ3) is 1.90. The van der Waals surface area contributed by atoms with Gasteiger partial charge >= 0.3 is 0 Å². The smallest absolute Gasteiger partial charge is 0.137 e. The highest BCUT2D eigenvalue weighted by Crippen LogP contribution is 2.31. The van der Waals surface area contributed by atoms with Crippen molar-refractivity contribution in [2.24, 2.45) is 5.16 Å². The maximum absolute atomic E-state index is 9.44. The second-order valence-corrected chi connectivity index (χ2v) is 3.13. The van der Waals surface area contributed by atoms with E-state index in [2.05, 4.69) is 5.16 Å². The lowest BCUT2D eigenvalue weighted by Gasteiger charge is -2.06. The summed E-state index contributed by atoms with van der Waals surface area (Å²) in [4.78, 5) is 0. The molecule has 0 aliphatic rings. The number of hydrogen-bond donors (Lipinski definition) is 3. The maximum atomic E-state index is 9.44. The minimum atomic E-state index is -0.207. The van der Waals surface area contributed by atoms with Gasteiger partial charge in [0.2, 0.25) is 0 Å². The van der Waals surface area contributed by atoms with Gasteiger partial charge in [0.1, 0.15) is 11.5 Å². The van der Waals surface area contributed by atoms with E-state index in [0.717, 1.165) is 6.07 Å². The SMILES string of the molecule is CC/C(=N\O)c1cc(Cl)c(O)cc1O. The molecule has 76 valence electrons. The summed E-state index contributed by atoms with van der Waals surface area (Å²) in [5.74, 6) is -0.372. The molecule has 0 fully saturated rings. The van der Waals surface area contributed by atoms with Crippen LogP contribution < -0.4 is 0 Å². The molecule has 0 heterocycles. The molecular weight excluding hydrogens is 206 g/mol. The highest BCUT2D eigenvalue weighted by Gasteiger charge is 2.11. The largest absolute Gasteiger partial charge is 0.507 e. The van der Waals surface area contributed by atoms with Crippen molar-refractivity contribution in [1.29, 1.82) is 0 Å². The van der Waals surface area contributed by atoms with Crippen molar-refractivity contribution in [2.75, 3.05) is 0 Å². The number of phenolic OH excluding ortho intramolecular Hbond substituents is 2. The average Bonchev–Trinajstić information content (AvgIpc) is 2.15. The lowest BCUT2D eigenvalue weighted by atomic mass is 10.1. The fourth-order valence-electron chi connectivity index (χ4n) is 1.10. The van der Waals surface area contributed by atoms with Crippen molar-refractivity contribution in [2.45, 2.75) is 13.3 Å². The van der Waals surface area contributed by atoms with E-state index in [1.807, 2.05) is 0 Å². The Kier molecular flexibility index (Phi) is 3.19. The predicted molar refractivity (Wildman–Crippen MR) is 53.4 cm³/mol. The Hall–Kier alpha value is -1.42. The monoisotopic (exact) mass is 215 g/mol. The zero-order valence-electron chi connectivity index (χ0n) is 7.53. The van der Waals surface area contributed by atoms with Crippen LogP contribution in [0.3, 0.4) is 0 Å². The molecule has 0 amide bonds. The molecule has 1 rings (SSSR count). The molecule has 0 saturated heterocycles. The van der Waals surface area contributed by atoms with E-state index < -0.39 is 0 Å². The molecule has 14 heavy (non-hydrogen) atoms. The molecule has 5 heteroatoms. The third-order valence-electron chi connectivity index (χ3n) is 1.83. The Morgan fingerprint density at radius 1 is 1.36 bits per heavy atom. The second kappa shape index (κ2) is 4.19. The first-order chi connectivity index (χ1) is 6.60. The molecule has 0 radical (unpaired) electrons. The highest BCUT2D eigenvalue weighted by atomic mass is 35.5. The maximum Gasteiger partial charge on any atom is 0.137 e. The number of phenols is 2. The van der Waals surface area contributed by atoms with Gasteiger partial charge < -0.3 is 15.4 Å². The number of benzene rings is 1. The Bertz CT molecular complexity index is 377. The summed E-state index contributed by atoms with van der Waals surface area (Å²) in [7, 11) is 0. The number of halogens is 1. The van der Waals surface area contributed by atoms with E-state index in [1.54, 1.807) is 6.92 Å². The van der Waals surface area contributed by atoms with Gasteiger partial charge in [-0.2, -0.15) is 0 Å². The summed E-state index contributed by atoms with van der Waals surface area (Å²) in [5.41, 5.74) is 0.627. The summed E-state index contributed by atoms with van der Waals surface area (Å²) < 4.78 is 0. The van der Waals surface area contributed by atoms with Crippen LogP contribution >= 0.6 is 11.6 Å². The van der Waals surface area contributed by atoms with Gasteiger partial charge in [0, 0.05) is 11.6 Å². The second-order valence-electron chi connectivity index (χ2n) is 2.72. The van der Waals surface area contributed by atoms with Crippen molar-refractivity contribution in [1.82, 2.24) is 0 Å². The Morgan fingerprint density at radius 2 is 2.00 bits per heavy atom. The van der Waals surface area contributed by atoms with Gasteiger partial charge in [-0.15, -0.1) is 0 Å². The predicted octanol–water partition coefficient (Wildman–Crippen LogP) is 2.34. The summed E-state index contributed by atoms with van der Waals surface area (Å²) in [6, 6.07) is 2.46. The van der Waals surface area contributed by atoms with Gasteiger partial charge in [0.25, 0.3) is 0 Å². The zero-order chi connectivity index (χ0) is 10.7. The van der Waals surface area contributed by atoms with Crippen LogP contribution in [0.2, 0.25) is 5.02 Å². The van der Waals surface area contributed by atoms with Crippen LogP contribution in [0.15, 0.2) is 17.3 Å². The Balaban J connectivity index is 3.28. The van der Waals surface area contributed by atoms with E-state index in [9.17, 15) is 5.11 Å². The molecule has 1 aromatic carbocycles. The standard InChI is InChI=1S/C9H10ClNO3/c1-2-7(11-14)5-3-6(10)9(13)4-8(5)12/h3-4,12-14H,2H2,1H3/b11-7+. The number of hydrogen-bond acceptors (Lipinski definition) is 4. The number of oxime groups is 1. The molecule has 0 bridgehead atoms. The fraction of sp³-hybridized carbons (Fsp3) is 0.222. The number of nitrogens with zero attached hydrogens (tertiary/aromatic N) is 1.